The van der Waals surface area contributed by atoms with Gasteiger partial charge < -0.3 is 5.73 Å². The van der Waals surface area contributed by atoms with Gasteiger partial charge in [-0.1, -0.05) is 22.0 Å². The lowest BCUT2D eigenvalue weighted by molar-refractivity contribution is -0.120. The van der Waals surface area contributed by atoms with E-state index in [0.29, 0.717) is 16.1 Å². The molecule has 86 valence electrons. The van der Waals surface area contributed by atoms with Gasteiger partial charge in [-0.25, -0.2) is 4.39 Å². The highest BCUT2D eigenvalue weighted by Crippen LogP contribution is 2.26. The van der Waals surface area contributed by atoms with Gasteiger partial charge in [0.25, 0.3) is 0 Å². The first-order valence-electron chi connectivity index (χ1n) is 5.08. The monoisotopic (exact) mass is 286 g/mol. The molecule has 0 aliphatic heterocycles. The van der Waals surface area contributed by atoms with Crippen molar-refractivity contribution in [1.82, 2.24) is 5.32 Å². The van der Waals surface area contributed by atoms with Crippen LogP contribution in [-0.4, -0.2) is 11.9 Å². The van der Waals surface area contributed by atoms with E-state index in [0.717, 1.165) is 12.8 Å². The van der Waals surface area contributed by atoms with Crippen molar-refractivity contribution < 1.29 is 9.18 Å². The molecule has 1 aromatic carbocycles. The molecular formula is C11H12BrFN2O. The zero-order valence-corrected chi connectivity index (χ0v) is 10.1. The summed E-state index contributed by atoms with van der Waals surface area (Å²) in [6.07, 6.45) is 2.03. The summed E-state index contributed by atoms with van der Waals surface area (Å²) in [6.45, 7) is 0. The summed E-state index contributed by atoms with van der Waals surface area (Å²) in [5.41, 5.74) is 5.58. The number of nitrogens with one attached hydrogen (secondary N) is 1. The van der Waals surface area contributed by atoms with Crippen LogP contribution in [0.5, 0.6) is 0 Å². The molecule has 0 saturated heterocycles. The van der Waals surface area contributed by atoms with Crippen LogP contribution in [0.4, 0.5) is 4.39 Å². The number of halogens is 2. The SMILES string of the molecule is NC(=O)C(NC1CC1)c1ccc(Br)cc1F. The zero-order chi connectivity index (χ0) is 11.7. The molecule has 1 atom stereocenters. The van der Waals surface area contributed by atoms with E-state index in [4.69, 9.17) is 5.73 Å². The third-order valence-electron chi connectivity index (χ3n) is 2.54. The number of hydrogen-bond donors (Lipinski definition) is 2. The minimum Gasteiger partial charge on any atom is -0.368 e. The van der Waals surface area contributed by atoms with Crippen LogP contribution in [0.15, 0.2) is 22.7 Å². The Hall–Kier alpha value is -0.940. The second kappa shape index (κ2) is 4.51. The number of benzene rings is 1. The molecule has 5 heteroatoms. The predicted octanol–water partition coefficient (Wildman–Crippen LogP) is 1.87. The van der Waals surface area contributed by atoms with Crippen molar-refractivity contribution in [2.75, 3.05) is 0 Å². The van der Waals surface area contributed by atoms with Gasteiger partial charge in [-0.05, 0) is 25.0 Å². The van der Waals surface area contributed by atoms with Crippen molar-refractivity contribution in [3.63, 3.8) is 0 Å². The first-order valence-corrected chi connectivity index (χ1v) is 5.87. The highest BCUT2D eigenvalue weighted by atomic mass is 79.9. The van der Waals surface area contributed by atoms with E-state index in [-0.39, 0.29) is 0 Å². The summed E-state index contributed by atoms with van der Waals surface area (Å²) in [7, 11) is 0. The van der Waals surface area contributed by atoms with Crippen molar-refractivity contribution in [1.29, 1.82) is 0 Å². The van der Waals surface area contributed by atoms with Crippen LogP contribution < -0.4 is 11.1 Å². The summed E-state index contributed by atoms with van der Waals surface area (Å²) in [4.78, 5) is 11.3. The van der Waals surface area contributed by atoms with E-state index in [1.807, 2.05) is 0 Å². The minimum atomic E-state index is -0.736. The molecule has 0 heterocycles. The van der Waals surface area contributed by atoms with Crippen molar-refractivity contribution in [3.05, 3.63) is 34.1 Å². The zero-order valence-electron chi connectivity index (χ0n) is 8.54. The van der Waals surface area contributed by atoms with Crippen LogP contribution in [0.2, 0.25) is 0 Å². The fourth-order valence-electron chi connectivity index (χ4n) is 1.55. The molecule has 0 spiro atoms. The Morgan fingerprint density at radius 3 is 2.75 bits per heavy atom. The average Bonchev–Trinajstić information content (AvgIpc) is 2.98. The molecule has 1 aromatic rings. The fourth-order valence-corrected chi connectivity index (χ4v) is 1.88. The second-order valence-corrected chi connectivity index (χ2v) is 4.86. The van der Waals surface area contributed by atoms with Crippen LogP contribution in [0, 0.1) is 5.82 Å². The highest BCUT2D eigenvalue weighted by molar-refractivity contribution is 9.10. The van der Waals surface area contributed by atoms with Gasteiger partial charge in [0.1, 0.15) is 11.9 Å². The maximum absolute atomic E-state index is 13.7. The summed E-state index contributed by atoms with van der Waals surface area (Å²) in [5, 5.41) is 3.04. The lowest BCUT2D eigenvalue weighted by Gasteiger charge is -2.16. The summed E-state index contributed by atoms with van der Waals surface area (Å²) < 4.78 is 14.3. The quantitative estimate of drug-likeness (QED) is 0.888. The molecule has 1 aliphatic carbocycles. The van der Waals surface area contributed by atoms with Crippen LogP contribution in [0.1, 0.15) is 24.4 Å². The maximum Gasteiger partial charge on any atom is 0.239 e. The number of carbonyl (C=O) groups is 1. The summed E-state index contributed by atoms with van der Waals surface area (Å²) in [5.74, 6) is -0.973. The predicted molar refractivity (Wildman–Crippen MR) is 62.2 cm³/mol. The molecule has 2 rings (SSSR count). The first kappa shape index (κ1) is 11.5. The second-order valence-electron chi connectivity index (χ2n) is 3.94. The van der Waals surface area contributed by atoms with E-state index in [9.17, 15) is 9.18 Å². The van der Waals surface area contributed by atoms with Crippen LogP contribution in [-0.2, 0) is 4.79 Å². The van der Waals surface area contributed by atoms with Crippen molar-refractivity contribution >= 4 is 21.8 Å². The summed E-state index contributed by atoms with van der Waals surface area (Å²) >= 11 is 3.17. The Morgan fingerprint density at radius 2 is 2.25 bits per heavy atom. The molecule has 0 radical (unpaired) electrons. The van der Waals surface area contributed by atoms with Crippen LogP contribution >= 0.6 is 15.9 Å². The number of rotatable bonds is 4. The molecule has 1 fully saturated rings. The molecule has 1 unspecified atom stereocenters. The van der Waals surface area contributed by atoms with Crippen molar-refractivity contribution in [2.45, 2.75) is 24.9 Å². The van der Waals surface area contributed by atoms with Crippen LogP contribution in [0.25, 0.3) is 0 Å². The van der Waals surface area contributed by atoms with Crippen molar-refractivity contribution in [2.24, 2.45) is 5.73 Å². The number of carbonyl (C=O) groups excluding carboxylic acids is 1. The molecule has 1 saturated carbocycles. The molecule has 1 amide bonds. The van der Waals surface area contributed by atoms with E-state index in [1.54, 1.807) is 12.1 Å². The minimum absolute atomic E-state index is 0.292. The normalized spacial score (nSPS) is 17.1. The van der Waals surface area contributed by atoms with Gasteiger partial charge in [0.05, 0.1) is 0 Å². The largest absolute Gasteiger partial charge is 0.368 e. The van der Waals surface area contributed by atoms with Gasteiger partial charge in [0.15, 0.2) is 0 Å². The Bertz CT molecular complexity index is 420. The van der Waals surface area contributed by atoms with E-state index >= 15 is 0 Å². The van der Waals surface area contributed by atoms with Gasteiger partial charge in [-0.3, -0.25) is 10.1 Å². The Morgan fingerprint density at radius 1 is 1.56 bits per heavy atom. The number of amides is 1. The molecule has 0 bridgehead atoms. The fraction of sp³-hybridized carbons (Fsp3) is 0.364. The Balaban J connectivity index is 2.26. The van der Waals surface area contributed by atoms with E-state index < -0.39 is 17.8 Å². The van der Waals surface area contributed by atoms with Gasteiger partial charge in [0.2, 0.25) is 5.91 Å². The molecule has 3 nitrogen and oxygen atoms in total. The highest BCUT2D eigenvalue weighted by Gasteiger charge is 2.29. The number of hydrogen-bond acceptors (Lipinski definition) is 2. The Kier molecular flexibility index (Phi) is 3.25. The number of nitrogens with two attached hydrogens (primary N) is 1. The lowest BCUT2D eigenvalue weighted by atomic mass is 10.1. The topological polar surface area (TPSA) is 55.1 Å². The molecule has 0 aromatic heterocycles. The maximum atomic E-state index is 13.7. The average molecular weight is 287 g/mol. The van der Waals surface area contributed by atoms with E-state index in [2.05, 4.69) is 21.2 Å². The standard InChI is InChI=1S/C11H12BrFN2O/c12-6-1-4-8(9(13)5-6)10(11(14)16)15-7-2-3-7/h1,4-5,7,10,15H,2-3H2,(H2,14,16). The van der Waals surface area contributed by atoms with Crippen molar-refractivity contribution in [3.8, 4) is 0 Å². The molecule has 3 N–H and O–H groups in total. The smallest absolute Gasteiger partial charge is 0.239 e. The van der Waals surface area contributed by atoms with E-state index in [1.165, 1.54) is 6.07 Å². The molecule has 16 heavy (non-hydrogen) atoms. The summed E-state index contributed by atoms with van der Waals surface area (Å²) in [6, 6.07) is 4.16. The van der Waals surface area contributed by atoms with Crippen LogP contribution in [0.3, 0.4) is 0 Å². The number of primary amides is 1. The third kappa shape index (κ3) is 2.59. The van der Waals surface area contributed by atoms with Gasteiger partial charge in [-0.2, -0.15) is 0 Å². The molecule has 1 aliphatic rings. The van der Waals surface area contributed by atoms with Gasteiger partial charge in [0, 0.05) is 16.1 Å². The third-order valence-corrected chi connectivity index (χ3v) is 3.03. The molecular weight excluding hydrogens is 275 g/mol. The lowest BCUT2D eigenvalue weighted by Crippen LogP contribution is -2.35. The van der Waals surface area contributed by atoms with Gasteiger partial charge in [-0.15, -0.1) is 0 Å². The van der Waals surface area contributed by atoms with Gasteiger partial charge >= 0.3 is 0 Å². The Labute approximate surface area is 101 Å². The first-order chi connectivity index (χ1) is 7.58.